The minimum Gasteiger partial charge on any atom is -0.508 e. The fourth-order valence-corrected chi connectivity index (χ4v) is 1.27. The second kappa shape index (κ2) is 3.66. The van der Waals surface area contributed by atoms with Crippen LogP contribution in [-0.4, -0.2) is 10.9 Å². The molecule has 1 aromatic rings. The second-order valence-electron chi connectivity index (χ2n) is 3.60. The number of hydrogen-bond donors (Lipinski definition) is 1. The standard InChI is InChI=1S/C12H12O2/c13-11-6-1-9(2-7-11)3-8-12(14)10-4-5-10/h1-3,6-8,10,13H,4-5H2. The number of hydrogen-bond acceptors (Lipinski definition) is 2. The van der Waals surface area contributed by atoms with Crippen LogP contribution in [0.4, 0.5) is 0 Å². The van der Waals surface area contributed by atoms with Crippen LogP contribution in [0.5, 0.6) is 5.75 Å². The van der Waals surface area contributed by atoms with Crippen LogP contribution in [-0.2, 0) is 4.79 Å². The number of carbonyl (C=O) groups is 1. The molecule has 0 saturated heterocycles. The van der Waals surface area contributed by atoms with Crippen LogP contribution in [0.3, 0.4) is 0 Å². The molecule has 2 nitrogen and oxygen atoms in total. The Bertz CT molecular complexity index is 358. The summed E-state index contributed by atoms with van der Waals surface area (Å²) in [5, 5.41) is 9.04. The Kier molecular flexibility index (Phi) is 2.35. The monoisotopic (exact) mass is 188 g/mol. The molecular formula is C12H12O2. The maximum atomic E-state index is 11.3. The predicted octanol–water partition coefficient (Wildman–Crippen LogP) is 2.38. The highest BCUT2D eigenvalue weighted by molar-refractivity contribution is 5.96. The third-order valence-electron chi connectivity index (χ3n) is 2.31. The zero-order valence-corrected chi connectivity index (χ0v) is 7.81. The van der Waals surface area contributed by atoms with Crippen molar-refractivity contribution in [2.75, 3.05) is 0 Å². The van der Waals surface area contributed by atoms with Gasteiger partial charge in [0.1, 0.15) is 5.75 Å². The van der Waals surface area contributed by atoms with Crippen molar-refractivity contribution in [3.8, 4) is 5.75 Å². The number of allylic oxidation sites excluding steroid dienone is 1. The highest BCUT2D eigenvalue weighted by Gasteiger charge is 2.27. The van der Waals surface area contributed by atoms with E-state index in [1.54, 1.807) is 36.4 Å². The van der Waals surface area contributed by atoms with Gasteiger partial charge in [0.25, 0.3) is 0 Å². The zero-order chi connectivity index (χ0) is 9.97. The molecule has 0 atom stereocenters. The summed E-state index contributed by atoms with van der Waals surface area (Å²) in [7, 11) is 0. The van der Waals surface area contributed by atoms with Gasteiger partial charge in [-0.1, -0.05) is 18.2 Å². The Hall–Kier alpha value is -1.57. The molecule has 1 N–H and O–H groups in total. The smallest absolute Gasteiger partial charge is 0.158 e. The fraction of sp³-hybridized carbons (Fsp3) is 0.250. The summed E-state index contributed by atoms with van der Waals surface area (Å²) in [5.74, 6) is 0.747. The number of rotatable bonds is 3. The molecular weight excluding hydrogens is 176 g/mol. The maximum Gasteiger partial charge on any atom is 0.158 e. The van der Waals surface area contributed by atoms with Crippen LogP contribution in [0.25, 0.3) is 6.08 Å². The molecule has 2 rings (SSSR count). The van der Waals surface area contributed by atoms with Gasteiger partial charge in [0, 0.05) is 5.92 Å². The summed E-state index contributed by atoms with van der Waals surface area (Å²) in [4.78, 5) is 11.3. The molecule has 0 heterocycles. The first-order valence-electron chi connectivity index (χ1n) is 4.76. The van der Waals surface area contributed by atoms with Crippen LogP contribution in [0.1, 0.15) is 18.4 Å². The van der Waals surface area contributed by atoms with Crippen molar-refractivity contribution in [3.05, 3.63) is 35.9 Å². The molecule has 2 heteroatoms. The van der Waals surface area contributed by atoms with E-state index in [4.69, 9.17) is 5.11 Å². The number of phenols is 1. The minimum atomic E-state index is 0.220. The molecule has 0 spiro atoms. The normalized spacial score (nSPS) is 16.0. The molecule has 0 aromatic heterocycles. The molecule has 1 aromatic carbocycles. The van der Waals surface area contributed by atoms with E-state index in [9.17, 15) is 4.79 Å². The first kappa shape index (κ1) is 9.00. The molecule has 72 valence electrons. The average Bonchev–Trinajstić information content (AvgIpc) is 3.00. The van der Waals surface area contributed by atoms with E-state index < -0.39 is 0 Å². The maximum absolute atomic E-state index is 11.3. The molecule has 14 heavy (non-hydrogen) atoms. The van der Waals surface area contributed by atoms with E-state index in [0.717, 1.165) is 18.4 Å². The van der Waals surface area contributed by atoms with E-state index in [2.05, 4.69) is 0 Å². The molecule has 0 amide bonds. The number of aromatic hydroxyl groups is 1. The van der Waals surface area contributed by atoms with E-state index in [1.807, 2.05) is 0 Å². The molecule has 0 bridgehead atoms. The number of ketones is 1. The van der Waals surface area contributed by atoms with E-state index >= 15 is 0 Å². The summed E-state index contributed by atoms with van der Waals surface area (Å²) in [5.41, 5.74) is 0.941. The molecule has 1 aliphatic carbocycles. The molecule has 0 unspecified atom stereocenters. The van der Waals surface area contributed by atoms with Gasteiger partial charge in [-0.15, -0.1) is 0 Å². The summed E-state index contributed by atoms with van der Waals surface area (Å²) in [6.07, 6.45) is 5.50. The Morgan fingerprint density at radius 1 is 1.29 bits per heavy atom. The van der Waals surface area contributed by atoms with Crippen molar-refractivity contribution >= 4 is 11.9 Å². The number of carbonyl (C=O) groups excluding carboxylic acids is 1. The predicted molar refractivity (Wildman–Crippen MR) is 54.9 cm³/mol. The van der Waals surface area contributed by atoms with Gasteiger partial charge in [-0.2, -0.15) is 0 Å². The molecule has 0 aliphatic heterocycles. The lowest BCUT2D eigenvalue weighted by molar-refractivity contribution is -0.115. The number of benzene rings is 1. The van der Waals surface area contributed by atoms with Crippen molar-refractivity contribution in [2.45, 2.75) is 12.8 Å². The Morgan fingerprint density at radius 3 is 2.50 bits per heavy atom. The highest BCUT2D eigenvalue weighted by Crippen LogP contribution is 2.30. The van der Waals surface area contributed by atoms with Gasteiger partial charge in [-0.25, -0.2) is 0 Å². The summed E-state index contributed by atoms with van der Waals surface area (Å²) < 4.78 is 0. The minimum absolute atomic E-state index is 0.220. The fourth-order valence-electron chi connectivity index (χ4n) is 1.27. The van der Waals surface area contributed by atoms with Crippen molar-refractivity contribution in [1.82, 2.24) is 0 Å². The first-order chi connectivity index (χ1) is 6.75. The van der Waals surface area contributed by atoms with E-state index in [0.29, 0.717) is 0 Å². The largest absolute Gasteiger partial charge is 0.508 e. The highest BCUT2D eigenvalue weighted by atomic mass is 16.3. The quantitative estimate of drug-likeness (QED) is 0.739. The average molecular weight is 188 g/mol. The van der Waals surface area contributed by atoms with Gasteiger partial charge in [0.2, 0.25) is 0 Å². The van der Waals surface area contributed by atoms with E-state index in [-0.39, 0.29) is 17.5 Å². The van der Waals surface area contributed by atoms with Gasteiger partial charge in [-0.3, -0.25) is 4.79 Å². The van der Waals surface area contributed by atoms with Crippen LogP contribution < -0.4 is 0 Å². The Balaban J connectivity index is 2.02. The van der Waals surface area contributed by atoms with Gasteiger partial charge in [0.15, 0.2) is 5.78 Å². The van der Waals surface area contributed by atoms with Crippen LogP contribution in [0.15, 0.2) is 30.3 Å². The third-order valence-corrected chi connectivity index (χ3v) is 2.31. The lowest BCUT2D eigenvalue weighted by atomic mass is 10.1. The SMILES string of the molecule is O=C(C=Cc1ccc(O)cc1)C1CC1. The summed E-state index contributed by atoms with van der Waals surface area (Å²) in [6, 6.07) is 6.79. The van der Waals surface area contributed by atoms with Gasteiger partial charge in [-0.05, 0) is 36.6 Å². The molecule has 0 radical (unpaired) electrons. The lowest BCUT2D eigenvalue weighted by Crippen LogP contribution is -1.93. The van der Waals surface area contributed by atoms with Crippen molar-refractivity contribution in [3.63, 3.8) is 0 Å². The van der Waals surface area contributed by atoms with E-state index in [1.165, 1.54) is 0 Å². The summed E-state index contributed by atoms with van der Waals surface area (Å²) in [6.45, 7) is 0. The zero-order valence-electron chi connectivity index (χ0n) is 7.81. The van der Waals surface area contributed by atoms with Gasteiger partial charge in [0.05, 0.1) is 0 Å². The van der Waals surface area contributed by atoms with Crippen molar-refractivity contribution in [2.24, 2.45) is 5.92 Å². The summed E-state index contributed by atoms with van der Waals surface area (Å²) >= 11 is 0. The van der Waals surface area contributed by atoms with Gasteiger partial charge >= 0.3 is 0 Å². The first-order valence-corrected chi connectivity index (χ1v) is 4.76. The molecule has 1 aliphatic rings. The van der Waals surface area contributed by atoms with Crippen LogP contribution in [0, 0.1) is 5.92 Å². The Labute approximate surface area is 82.9 Å². The second-order valence-corrected chi connectivity index (χ2v) is 3.60. The van der Waals surface area contributed by atoms with Crippen molar-refractivity contribution < 1.29 is 9.90 Å². The molecule has 1 saturated carbocycles. The molecule has 1 fully saturated rings. The number of phenolic OH excluding ortho intramolecular Hbond substituents is 1. The topological polar surface area (TPSA) is 37.3 Å². The Morgan fingerprint density at radius 2 is 1.93 bits per heavy atom. The lowest BCUT2D eigenvalue weighted by Gasteiger charge is -1.93. The van der Waals surface area contributed by atoms with Crippen LogP contribution in [0.2, 0.25) is 0 Å². The van der Waals surface area contributed by atoms with Crippen LogP contribution >= 0.6 is 0 Å². The van der Waals surface area contributed by atoms with Crippen molar-refractivity contribution in [1.29, 1.82) is 0 Å². The van der Waals surface area contributed by atoms with Gasteiger partial charge < -0.3 is 5.11 Å². The third kappa shape index (κ3) is 2.22.